The minimum atomic E-state index is -0.536. The molecule has 0 saturated carbocycles. The van der Waals surface area contributed by atoms with Crippen LogP contribution in [0.25, 0.3) is 22.2 Å². The van der Waals surface area contributed by atoms with Gasteiger partial charge in [0.15, 0.2) is 0 Å². The summed E-state index contributed by atoms with van der Waals surface area (Å²) in [7, 11) is 0. The van der Waals surface area contributed by atoms with Crippen LogP contribution < -0.4 is 4.74 Å². The summed E-state index contributed by atoms with van der Waals surface area (Å²) in [6, 6.07) is 22.5. The SMILES string of the molecule is OC(COc1cccc(-c2ccc3nn[nH]c3c2)c1)CN1CCc2ccccc2C1. The average Bonchev–Trinajstić information content (AvgIpc) is 3.26. The number of hydrogen-bond acceptors (Lipinski definition) is 5. The second-order valence-electron chi connectivity index (χ2n) is 7.79. The van der Waals surface area contributed by atoms with E-state index in [2.05, 4.69) is 44.6 Å². The number of aromatic amines is 1. The molecule has 0 aliphatic carbocycles. The number of nitrogens with one attached hydrogen (secondary N) is 1. The topological polar surface area (TPSA) is 74.3 Å². The number of aliphatic hydroxyl groups is 1. The van der Waals surface area contributed by atoms with E-state index in [0.717, 1.165) is 47.4 Å². The van der Waals surface area contributed by atoms with Crippen molar-refractivity contribution >= 4 is 11.0 Å². The molecule has 2 heterocycles. The summed E-state index contributed by atoms with van der Waals surface area (Å²) in [4.78, 5) is 2.29. The fraction of sp³-hybridized carbons (Fsp3) is 0.250. The van der Waals surface area contributed by atoms with Crippen LogP contribution in [0.5, 0.6) is 5.75 Å². The number of aliphatic hydroxyl groups excluding tert-OH is 1. The smallest absolute Gasteiger partial charge is 0.120 e. The molecule has 1 aliphatic heterocycles. The molecule has 6 heteroatoms. The predicted molar refractivity (Wildman–Crippen MR) is 116 cm³/mol. The largest absolute Gasteiger partial charge is 0.491 e. The summed E-state index contributed by atoms with van der Waals surface area (Å²) in [5.74, 6) is 0.748. The number of aromatic nitrogens is 3. The summed E-state index contributed by atoms with van der Waals surface area (Å²) >= 11 is 0. The van der Waals surface area contributed by atoms with Gasteiger partial charge < -0.3 is 9.84 Å². The first-order valence-corrected chi connectivity index (χ1v) is 10.3. The summed E-state index contributed by atoms with van der Waals surface area (Å²) in [6.07, 6.45) is 0.494. The molecule has 6 nitrogen and oxygen atoms in total. The van der Waals surface area contributed by atoms with Crippen LogP contribution in [0.3, 0.4) is 0 Å². The molecule has 1 aliphatic rings. The number of rotatable bonds is 6. The minimum absolute atomic E-state index is 0.269. The lowest BCUT2D eigenvalue weighted by Gasteiger charge is -2.30. The molecule has 1 atom stereocenters. The molecule has 1 aromatic heterocycles. The molecule has 3 aromatic carbocycles. The molecule has 2 N–H and O–H groups in total. The number of nitrogens with zero attached hydrogens (tertiary/aromatic N) is 3. The van der Waals surface area contributed by atoms with Crippen molar-refractivity contribution < 1.29 is 9.84 Å². The van der Waals surface area contributed by atoms with Crippen molar-refractivity contribution in [3.05, 3.63) is 77.9 Å². The first kappa shape index (κ1) is 18.8. The van der Waals surface area contributed by atoms with Gasteiger partial charge in [-0.15, -0.1) is 5.10 Å². The lowest BCUT2D eigenvalue weighted by Crippen LogP contribution is -2.38. The van der Waals surface area contributed by atoms with Crippen molar-refractivity contribution in [3.8, 4) is 16.9 Å². The summed E-state index contributed by atoms with van der Waals surface area (Å²) < 4.78 is 5.90. The molecule has 152 valence electrons. The number of ether oxygens (including phenoxy) is 1. The highest BCUT2D eigenvalue weighted by atomic mass is 16.5. The van der Waals surface area contributed by atoms with E-state index in [1.807, 2.05) is 42.5 Å². The highest BCUT2D eigenvalue weighted by Gasteiger charge is 2.18. The minimum Gasteiger partial charge on any atom is -0.491 e. The van der Waals surface area contributed by atoms with Gasteiger partial charge in [-0.25, -0.2) is 0 Å². The van der Waals surface area contributed by atoms with Gasteiger partial charge in [-0.1, -0.05) is 47.7 Å². The lowest BCUT2D eigenvalue weighted by molar-refractivity contribution is 0.0638. The summed E-state index contributed by atoms with van der Waals surface area (Å²) in [6.45, 7) is 2.73. The van der Waals surface area contributed by atoms with Crippen LogP contribution in [0.4, 0.5) is 0 Å². The average molecular weight is 400 g/mol. The quantitative estimate of drug-likeness (QED) is 0.519. The summed E-state index contributed by atoms with van der Waals surface area (Å²) in [5, 5.41) is 21.3. The predicted octanol–water partition coefficient (Wildman–Crippen LogP) is 3.42. The molecule has 0 saturated heterocycles. The fourth-order valence-electron chi connectivity index (χ4n) is 4.04. The van der Waals surface area contributed by atoms with Gasteiger partial charge in [-0.05, 0) is 52.9 Å². The Labute approximate surface area is 175 Å². The van der Waals surface area contributed by atoms with Crippen LogP contribution in [0.15, 0.2) is 66.7 Å². The van der Waals surface area contributed by atoms with Gasteiger partial charge >= 0.3 is 0 Å². The van der Waals surface area contributed by atoms with Gasteiger partial charge in [-0.3, -0.25) is 10.00 Å². The molecular formula is C24H24N4O2. The Kier molecular flexibility index (Phi) is 5.17. The van der Waals surface area contributed by atoms with Crippen molar-refractivity contribution in [2.75, 3.05) is 19.7 Å². The lowest BCUT2D eigenvalue weighted by atomic mass is 10.00. The number of H-pyrrole nitrogens is 1. The van der Waals surface area contributed by atoms with Crippen LogP contribution in [0, 0.1) is 0 Å². The van der Waals surface area contributed by atoms with Crippen LogP contribution in [-0.2, 0) is 13.0 Å². The van der Waals surface area contributed by atoms with Crippen molar-refractivity contribution in [1.82, 2.24) is 20.3 Å². The Balaban J connectivity index is 1.20. The molecule has 1 unspecified atom stereocenters. The normalized spacial score (nSPS) is 15.1. The van der Waals surface area contributed by atoms with Gasteiger partial charge in [0.25, 0.3) is 0 Å². The number of benzene rings is 3. The third-order valence-electron chi connectivity index (χ3n) is 5.61. The van der Waals surface area contributed by atoms with Crippen molar-refractivity contribution in [1.29, 1.82) is 0 Å². The molecule has 0 bridgehead atoms. The zero-order chi connectivity index (χ0) is 20.3. The Morgan fingerprint density at radius 1 is 1.00 bits per heavy atom. The number of hydrogen-bond donors (Lipinski definition) is 2. The maximum Gasteiger partial charge on any atom is 0.120 e. The molecule has 0 radical (unpaired) electrons. The van der Waals surface area contributed by atoms with E-state index in [0.29, 0.717) is 6.54 Å². The molecule has 0 fully saturated rings. The fourth-order valence-corrected chi connectivity index (χ4v) is 4.04. The van der Waals surface area contributed by atoms with Gasteiger partial charge in [0.2, 0.25) is 0 Å². The Bertz CT molecular complexity index is 1160. The van der Waals surface area contributed by atoms with Gasteiger partial charge in [0, 0.05) is 19.6 Å². The van der Waals surface area contributed by atoms with Crippen molar-refractivity contribution in [3.63, 3.8) is 0 Å². The van der Waals surface area contributed by atoms with Crippen LogP contribution in [-0.4, -0.2) is 51.2 Å². The maximum atomic E-state index is 10.5. The maximum absolute atomic E-state index is 10.5. The standard InChI is InChI=1S/C24H24N4O2/c29-21(15-28-11-10-17-4-1-2-5-20(17)14-28)16-30-22-7-3-6-18(12-22)19-8-9-23-24(13-19)26-27-25-23/h1-9,12-13,21,29H,10-11,14-16H2,(H,25,26,27). The Morgan fingerprint density at radius 2 is 1.87 bits per heavy atom. The van der Waals surface area contributed by atoms with E-state index >= 15 is 0 Å². The van der Waals surface area contributed by atoms with Gasteiger partial charge in [0.05, 0.1) is 5.52 Å². The molecule has 5 rings (SSSR count). The zero-order valence-corrected chi connectivity index (χ0v) is 16.7. The highest BCUT2D eigenvalue weighted by Crippen LogP contribution is 2.26. The third kappa shape index (κ3) is 4.06. The summed E-state index contributed by atoms with van der Waals surface area (Å²) in [5.41, 5.74) is 6.62. The molecule has 0 amide bonds. The first-order chi connectivity index (χ1) is 14.7. The molecule has 30 heavy (non-hydrogen) atoms. The van der Waals surface area contributed by atoms with E-state index in [-0.39, 0.29) is 6.61 Å². The highest BCUT2D eigenvalue weighted by molar-refractivity contribution is 5.81. The van der Waals surface area contributed by atoms with E-state index in [1.165, 1.54) is 11.1 Å². The molecular weight excluding hydrogens is 376 g/mol. The van der Waals surface area contributed by atoms with Crippen LogP contribution >= 0.6 is 0 Å². The van der Waals surface area contributed by atoms with E-state index in [4.69, 9.17) is 4.74 Å². The van der Waals surface area contributed by atoms with Crippen molar-refractivity contribution in [2.24, 2.45) is 0 Å². The Hall–Kier alpha value is -3.22. The van der Waals surface area contributed by atoms with E-state index < -0.39 is 6.10 Å². The van der Waals surface area contributed by atoms with Gasteiger partial charge in [-0.2, -0.15) is 0 Å². The Morgan fingerprint density at radius 3 is 2.80 bits per heavy atom. The van der Waals surface area contributed by atoms with Gasteiger partial charge in [0.1, 0.15) is 24.0 Å². The molecule has 0 spiro atoms. The van der Waals surface area contributed by atoms with Crippen molar-refractivity contribution in [2.45, 2.75) is 19.1 Å². The first-order valence-electron chi connectivity index (χ1n) is 10.3. The molecule has 4 aromatic rings. The second kappa shape index (κ2) is 8.26. The third-order valence-corrected chi connectivity index (χ3v) is 5.61. The number of fused-ring (bicyclic) bond motifs is 2. The van der Waals surface area contributed by atoms with E-state index in [9.17, 15) is 5.11 Å². The van der Waals surface area contributed by atoms with E-state index in [1.54, 1.807) is 0 Å². The second-order valence-corrected chi connectivity index (χ2v) is 7.79. The van der Waals surface area contributed by atoms with Crippen LogP contribution in [0.1, 0.15) is 11.1 Å². The number of β-amino-alcohol motifs (C(OH)–C–C–N with tert-alkyl or cyclic N) is 1. The zero-order valence-electron chi connectivity index (χ0n) is 16.7. The van der Waals surface area contributed by atoms with Crippen LogP contribution in [0.2, 0.25) is 0 Å². The monoisotopic (exact) mass is 400 g/mol.